The largest absolute Gasteiger partial charge is 0.497 e. The van der Waals surface area contributed by atoms with Crippen molar-refractivity contribution < 1.29 is 13.2 Å². The number of rotatable bonds is 4. The fraction of sp³-hybridized carbons (Fsp3) is 0.462. The minimum atomic E-state index is -3.61. The molecular weight excluding hydrogens is 250 g/mol. The normalized spacial score (nSPS) is 26.4. The quantitative estimate of drug-likeness (QED) is 0.836. The van der Waals surface area contributed by atoms with Crippen LogP contribution >= 0.6 is 0 Å². The van der Waals surface area contributed by atoms with Gasteiger partial charge in [0.25, 0.3) is 0 Å². The van der Waals surface area contributed by atoms with Crippen molar-refractivity contribution in [2.45, 2.75) is 29.4 Å². The van der Waals surface area contributed by atoms with Gasteiger partial charge in [0.1, 0.15) is 5.75 Å². The first-order valence-electron chi connectivity index (χ1n) is 5.81. The fourth-order valence-electron chi connectivity index (χ4n) is 2.29. The first kappa shape index (κ1) is 12.9. The average Bonchev–Trinajstić information content (AvgIpc) is 3.14. The van der Waals surface area contributed by atoms with Gasteiger partial charge in [-0.15, -0.1) is 0 Å². The molecule has 1 aliphatic rings. The van der Waals surface area contributed by atoms with Gasteiger partial charge < -0.3 is 4.74 Å². The molecule has 0 aliphatic heterocycles. The third-order valence-corrected chi connectivity index (χ3v) is 5.99. The first-order chi connectivity index (χ1) is 8.51. The van der Waals surface area contributed by atoms with Crippen LogP contribution in [0, 0.1) is 17.2 Å². The van der Waals surface area contributed by atoms with E-state index in [1.165, 1.54) is 19.2 Å². The summed E-state index contributed by atoms with van der Waals surface area (Å²) in [6.07, 6.45) is 1.14. The molecule has 2 rings (SSSR count). The molecular formula is C13H15NO3S. The minimum Gasteiger partial charge on any atom is -0.497 e. The Morgan fingerprint density at radius 2 is 2.28 bits per heavy atom. The van der Waals surface area contributed by atoms with Gasteiger partial charge in [-0.1, -0.05) is 19.4 Å². The molecule has 1 aromatic carbocycles. The Morgan fingerprint density at radius 3 is 2.78 bits per heavy atom. The van der Waals surface area contributed by atoms with E-state index >= 15 is 0 Å². The molecule has 1 fully saturated rings. The summed E-state index contributed by atoms with van der Waals surface area (Å²) in [5.41, 5.74) is 0. The van der Waals surface area contributed by atoms with Crippen molar-refractivity contribution >= 4 is 9.84 Å². The van der Waals surface area contributed by atoms with Crippen molar-refractivity contribution in [3.05, 3.63) is 24.3 Å². The Hall–Kier alpha value is -1.54. The smallest absolute Gasteiger partial charge is 0.197 e. The Bertz CT molecular complexity index is 603. The molecule has 0 spiro atoms. The predicted octanol–water partition coefficient (Wildman–Crippen LogP) is 2.16. The summed E-state index contributed by atoms with van der Waals surface area (Å²) < 4.78 is 28.8. The number of benzene rings is 1. The SMILES string of the molecule is CCC1CC1(C#N)S(=O)(=O)c1cccc(OC)c1. The van der Waals surface area contributed by atoms with Gasteiger partial charge in [-0.2, -0.15) is 5.26 Å². The number of sulfone groups is 1. The van der Waals surface area contributed by atoms with Crippen LogP contribution in [0.3, 0.4) is 0 Å². The van der Waals surface area contributed by atoms with E-state index in [4.69, 9.17) is 4.74 Å². The summed E-state index contributed by atoms with van der Waals surface area (Å²) in [6, 6.07) is 8.30. The highest BCUT2D eigenvalue weighted by Gasteiger charge is 2.64. The second kappa shape index (κ2) is 4.29. The highest BCUT2D eigenvalue weighted by Crippen LogP contribution is 2.53. The lowest BCUT2D eigenvalue weighted by molar-refractivity contribution is 0.413. The number of hydrogen-bond donors (Lipinski definition) is 0. The maximum atomic E-state index is 12.5. The summed E-state index contributed by atoms with van der Waals surface area (Å²) >= 11 is 0. The van der Waals surface area contributed by atoms with E-state index in [0.717, 1.165) is 0 Å². The number of nitriles is 1. The van der Waals surface area contributed by atoms with E-state index < -0.39 is 14.6 Å². The van der Waals surface area contributed by atoms with Crippen LogP contribution in [0.15, 0.2) is 29.2 Å². The Balaban J connectivity index is 2.47. The number of hydrogen-bond acceptors (Lipinski definition) is 4. The second-order valence-electron chi connectivity index (χ2n) is 4.49. The van der Waals surface area contributed by atoms with Crippen LogP contribution in [-0.2, 0) is 9.84 Å². The molecule has 0 aromatic heterocycles. The van der Waals surface area contributed by atoms with Crippen molar-refractivity contribution in [2.75, 3.05) is 7.11 Å². The van der Waals surface area contributed by atoms with Crippen LogP contribution in [0.4, 0.5) is 0 Å². The van der Waals surface area contributed by atoms with Crippen molar-refractivity contribution in [1.82, 2.24) is 0 Å². The fourth-order valence-corrected chi connectivity index (χ4v) is 4.38. The van der Waals surface area contributed by atoms with Crippen LogP contribution in [0.5, 0.6) is 5.75 Å². The number of methoxy groups -OCH3 is 1. The van der Waals surface area contributed by atoms with E-state index in [1.54, 1.807) is 12.1 Å². The molecule has 4 nitrogen and oxygen atoms in total. The summed E-state index contributed by atoms with van der Waals surface area (Å²) in [5.74, 6) is 0.427. The van der Waals surface area contributed by atoms with Crippen molar-refractivity contribution in [3.8, 4) is 11.8 Å². The molecule has 1 aromatic rings. The van der Waals surface area contributed by atoms with Gasteiger partial charge in [0.15, 0.2) is 14.6 Å². The summed E-state index contributed by atoms with van der Waals surface area (Å²) in [7, 11) is -2.13. The maximum absolute atomic E-state index is 12.5. The van der Waals surface area contributed by atoms with Gasteiger partial charge in [0, 0.05) is 0 Å². The minimum absolute atomic E-state index is 0.0568. The van der Waals surface area contributed by atoms with E-state index in [0.29, 0.717) is 18.6 Å². The summed E-state index contributed by atoms with van der Waals surface area (Å²) in [5, 5.41) is 9.22. The highest BCUT2D eigenvalue weighted by molar-refractivity contribution is 7.93. The first-order valence-corrected chi connectivity index (χ1v) is 7.30. The maximum Gasteiger partial charge on any atom is 0.197 e. The van der Waals surface area contributed by atoms with Gasteiger partial charge in [-0.3, -0.25) is 0 Å². The molecule has 96 valence electrons. The molecule has 5 heteroatoms. The van der Waals surface area contributed by atoms with Gasteiger partial charge in [0.05, 0.1) is 18.1 Å². The average molecular weight is 265 g/mol. The lowest BCUT2D eigenvalue weighted by Crippen LogP contribution is -2.24. The van der Waals surface area contributed by atoms with Crippen LogP contribution in [0.2, 0.25) is 0 Å². The van der Waals surface area contributed by atoms with Crippen LogP contribution < -0.4 is 4.74 Å². The zero-order valence-electron chi connectivity index (χ0n) is 10.4. The lowest BCUT2D eigenvalue weighted by Gasteiger charge is -2.11. The van der Waals surface area contributed by atoms with Gasteiger partial charge in [0.2, 0.25) is 0 Å². The molecule has 0 heterocycles. The molecule has 2 unspecified atom stereocenters. The lowest BCUT2D eigenvalue weighted by atomic mass is 10.3. The molecule has 1 saturated carbocycles. The van der Waals surface area contributed by atoms with Crippen LogP contribution in [-0.4, -0.2) is 20.3 Å². The predicted molar refractivity (Wildman–Crippen MR) is 66.9 cm³/mol. The molecule has 2 atom stereocenters. The van der Waals surface area contributed by atoms with Gasteiger partial charge in [-0.25, -0.2) is 8.42 Å². The molecule has 0 radical (unpaired) electrons. The third kappa shape index (κ3) is 1.68. The highest BCUT2D eigenvalue weighted by atomic mass is 32.2. The van der Waals surface area contributed by atoms with E-state index in [-0.39, 0.29) is 10.8 Å². The second-order valence-corrected chi connectivity index (χ2v) is 6.70. The molecule has 18 heavy (non-hydrogen) atoms. The third-order valence-electron chi connectivity index (χ3n) is 3.56. The van der Waals surface area contributed by atoms with Crippen molar-refractivity contribution in [3.63, 3.8) is 0 Å². The number of nitrogens with zero attached hydrogens (tertiary/aromatic N) is 1. The van der Waals surface area contributed by atoms with Crippen LogP contribution in [0.1, 0.15) is 19.8 Å². The Kier molecular flexibility index (Phi) is 3.07. The molecule has 0 saturated heterocycles. The number of ether oxygens (including phenoxy) is 1. The zero-order chi connectivity index (χ0) is 13.4. The van der Waals surface area contributed by atoms with Crippen LogP contribution in [0.25, 0.3) is 0 Å². The van der Waals surface area contributed by atoms with Crippen molar-refractivity contribution in [1.29, 1.82) is 5.26 Å². The monoisotopic (exact) mass is 265 g/mol. The molecule has 1 aliphatic carbocycles. The van der Waals surface area contributed by atoms with E-state index in [2.05, 4.69) is 0 Å². The molecule has 0 N–H and O–H groups in total. The molecule has 0 amide bonds. The topological polar surface area (TPSA) is 67.2 Å². The van der Waals surface area contributed by atoms with Gasteiger partial charge >= 0.3 is 0 Å². The Morgan fingerprint density at radius 1 is 1.56 bits per heavy atom. The summed E-state index contributed by atoms with van der Waals surface area (Å²) in [4.78, 5) is 0.166. The standard InChI is InChI=1S/C13H15NO3S/c1-3-10-8-13(10,9-14)18(15,16)12-6-4-5-11(7-12)17-2/h4-7,10H,3,8H2,1-2H3. The van der Waals surface area contributed by atoms with E-state index in [9.17, 15) is 13.7 Å². The van der Waals surface area contributed by atoms with E-state index in [1.807, 2.05) is 13.0 Å². The zero-order valence-corrected chi connectivity index (χ0v) is 11.2. The van der Waals surface area contributed by atoms with Crippen molar-refractivity contribution in [2.24, 2.45) is 5.92 Å². The molecule has 0 bridgehead atoms. The van der Waals surface area contributed by atoms with Gasteiger partial charge in [-0.05, 0) is 30.5 Å². The Labute approximate surface area is 107 Å². The summed E-state index contributed by atoms with van der Waals surface area (Å²) in [6.45, 7) is 1.91.